The van der Waals surface area contributed by atoms with Crippen LogP contribution in [0.1, 0.15) is 85.0 Å². The molecule has 2 heteroatoms. The molecule has 0 aromatic heterocycles. The maximum atomic E-state index is 3.48. The molecule has 0 saturated carbocycles. The lowest BCUT2D eigenvalue weighted by molar-refractivity contribution is 0.107. The molecule has 0 radical (unpaired) electrons. The molecule has 0 aliphatic carbocycles. The summed E-state index contributed by atoms with van der Waals surface area (Å²) in [5.74, 6) is 1.04. The highest BCUT2D eigenvalue weighted by Crippen LogP contribution is 2.26. The van der Waals surface area contributed by atoms with Crippen LogP contribution in [0.25, 0.3) is 0 Å². The summed E-state index contributed by atoms with van der Waals surface area (Å²) in [7, 11) is 0. The lowest BCUT2D eigenvalue weighted by atomic mass is 9.89. The van der Waals surface area contributed by atoms with E-state index in [1.165, 1.54) is 90.4 Å². The van der Waals surface area contributed by atoms with Gasteiger partial charge in [-0.05, 0) is 57.8 Å². The van der Waals surface area contributed by atoms with E-state index in [1.807, 2.05) is 13.8 Å². The Morgan fingerprint density at radius 3 is 2.10 bits per heavy atom. The maximum Gasteiger partial charge on any atom is 0.0119 e. The van der Waals surface area contributed by atoms with Gasteiger partial charge in [-0.2, -0.15) is 0 Å². The monoisotopic (exact) mass is 296 g/mol. The third-order valence-corrected chi connectivity index (χ3v) is 5.19. The van der Waals surface area contributed by atoms with Crippen molar-refractivity contribution in [1.29, 1.82) is 0 Å². The predicted octanol–water partition coefficient (Wildman–Crippen LogP) is 4.84. The van der Waals surface area contributed by atoms with Gasteiger partial charge < -0.3 is 10.2 Å². The van der Waals surface area contributed by atoms with Gasteiger partial charge in [0, 0.05) is 6.04 Å². The summed E-state index contributed by atoms with van der Waals surface area (Å²) in [6.07, 6.45) is 14.4. The highest BCUT2D eigenvalue weighted by molar-refractivity contribution is 4.81. The van der Waals surface area contributed by atoms with Crippen molar-refractivity contribution in [3.63, 3.8) is 0 Å². The van der Waals surface area contributed by atoms with Crippen LogP contribution in [0.3, 0.4) is 0 Å². The molecule has 21 heavy (non-hydrogen) atoms. The summed E-state index contributed by atoms with van der Waals surface area (Å²) in [5.41, 5.74) is 0. The molecule has 0 unspecified atom stereocenters. The first-order valence-corrected chi connectivity index (χ1v) is 9.85. The summed E-state index contributed by atoms with van der Waals surface area (Å²) < 4.78 is 0. The van der Waals surface area contributed by atoms with Crippen molar-refractivity contribution in [2.45, 2.75) is 91.0 Å². The highest BCUT2D eigenvalue weighted by atomic mass is 15.2. The number of hydrogen-bond donors (Lipinski definition) is 1. The smallest absolute Gasteiger partial charge is 0.0119 e. The summed E-state index contributed by atoms with van der Waals surface area (Å²) >= 11 is 0. The van der Waals surface area contributed by atoms with Crippen molar-refractivity contribution < 1.29 is 0 Å². The lowest BCUT2D eigenvalue weighted by Gasteiger charge is -2.39. The SMILES string of the molecule is CC.CCCCCCCC1CCN(C2CCNCC2)CC1. The Kier molecular flexibility index (Phi) is 11.3. The lowest BCUT2D eigenvalue weighted by Crippen LogP contribution is -2.46. The van der Waals surface area contributed by atoms with Crippen LogP contribution in [0.2, 0.25) is 0 Å². The minimum absolute atomic E-state index is 0.895. The minimum atomic E-state index is 0.895. The first-order chi connectivity index (χ1) is 10.4. The molecule has 2 heterocycles. The second-order valence-corrected chi connectivity index (χ2v) is 6.66. The van der Waals surface area contributed by atoms with Crippen molar-refractivity contribution in [2.24, 2.45) is 5.92 Å². The quantitative estimate of drug-likeness (QED) is 0.676. The zero-order valence-electron chi connectivity index (χ0n) is 15.0. The van der Waals surface area contributed by atoms with Crippen LogP contribution in [-0.2, 0) is 0 Å². The van der Waals surface area contributed by atoms with E-state index in [4.69, 9.17) is 0 Å². The van der Waals surface area contributed by atoms with Gasteiger partial charge in [0.05, 0.1) is 0 Å². The van der Waals surface area contributed by atoms with Gasteiger partial charge in [0.15, 0.2) is 0 Å². The fourth-order valence-corrected chi connectivity index (χ4v) is 3.82. The van der Waals surface area contributed by atoms with Crippen molar-refractivity contribution in [3.05, 3.63) is 0 Å². The van der Waals surface area contributed by atoms with E-state index in [0.717, 1.165) is 12.0 Å². The summed E-state index contributed by atoms with van der Waals surface area (Å²) in [6, 6.07) is 0.895. The van der Waals surface area contributed by atoms with Gasteiger partial charge >= 0.3 is 0 Å². The average molecular weight is 297 g/mol. The molecule has 2 aliphatic heterocycles. The van der Waals surface area contributed by atoms with Crippen LogP contribution >= 0.6 is 0 Å². The largest absolute Gasteiger partial charge is 0.317 e. The van der Waals surface area contributed by atoms with Crippen molar-refractivity contribution in [3.8, 4) is 0 Å². The Morgan fingerprint density at radius 1 is 0.857 bits per heavy atom. The zero-order valence-corrected chi connectivity index (χ0v) is 15.0. The standard InChI is InChI=1S/C17H34N2.C2H6/c1-2-3-4-5-6-7-16-10-14-19(15-11-16)17-8-12-18-13-9-17;1-2/h16-18H,2-15H2,1H3;1-2H3. The van der Waals surface area contributed by atoms with Crippen LogP contribution < -0.4 is 5.32 Å². The molecule has 2 aliphatic rings. The molecular weight excluding hydrogens is 256 g/mol. The van der Waals surface area contributed by atoms with Crippen LogP contribution in [0.4, 0.5) is 0 Å². The third-order valence-electron chi connectivity index (χ3n) is 5.19. The van der Waals surface area contributed by atoms with Crippen molar-refractivity contribution in [1.82, 2.24) is 10.2 Å². The van der Waals surface area contributed by atoms with Gasteiger partial charge in [0.25, 0.3) is 0 Å². The second-order valence-electron chi connectivity index (χ2n) is 6.66. The highest BCUT2D eigenvalue weighted by Gasteiger charge is 2.25. The van der Waals surface area contributed by atoms with E-state index in [1.54, 1.807) is 0 Å². The first kappa shape index (κ1) is 19.0. The van der Waals surface area contributed by atoms with Gasteiger partial charge in [0.2, 0.25) is 0 Å². The molecule has 0 atom stereocenters. The summed E-state index contributed by atoms with van der Waals surface area (Å²) in [6.45, 7) is 11.5. The van der Waals surface area contributed by atoms with Gasteiger partial charge in [-0.25, -0.2) is 0 Å². The molecule has 0 aromatic rings. The number of piperidine rings is 2. The van der Waals surface area contributed by atoms with Gasteiger partial charge in [-0.15, -0.1) is 0 Å². The molecule has 2 rings (SSSR count). The number of likely N-dealkylation sites (tertiary alicyclic amines) is 1. The van der Waals surface area contributed by atoms with Gasteiger partial charge in [-0.3, -0.25) is 0 Å². The van der Waals surface area contributed by atoms with Crippen molar-refractivity contribution >= 4 is 0 Å². The van der Waals surface area contributed by atoms with E-state index in [2.05, 4.69) is 17.1 Å². The Balaban J connectivity index is 0.00000106. The average Bonchev–Trinajstić information content (AvgIpc) is 2.58. The summed E-state index contributed by atoms with van der Waals surface area (Å²) in [4.78, 5) is 2.79. The Morgan fingerprint density at radius 2 is 1.48 bits per heavy atom. The van der Waals surface area contributed by atoms with E-state index < -0.39 is 0 Å². The maximum absolute atomic E-state index is 3.48. The fourth-order valence-electron chi connectivity index (χ4n) is 3.82. The molecular formula is C19H40N2. The molecule has 1 N–H and O–H groups in total. The number of nitrogens with zero attached hydrogens (tertiary/aromatic N) is 1. The van der Waals surface area contributed by atoms with Gasteiger partial charge in [0.1, 0.15) is 0 Å². The predicted molar refractivity (Wildman–Crippen MR) is 94.9 cm³/mol. The van der Waals surface area contributed by atoms with E-state index in [0.29, 0.717) is 0 Å². The van der Waals surface area contributed by atoms with Gasteiger partial charge in [-0.1, -0.05) is 59.3 Å². The van der Waals surface area contributed by atoms with Crippen LogP contribution in [-0.4, -0.2) is 37.1 Å². The molecule has 126 valence electrons. The van der Waals surface area contributed by atoms with Crippen LogP contribution in [0.5, 0.6) is 0 Å². The van der Waals surface area contributed by atoms with E-state index >= 15 is 0 Å². The molecule has 0 aromatic carbocycles. The molecule has 2 fully saturated rings. The first-order valence-electron chi connectivity index (χ1n) is 9.85. The fraction of sp³-hybridized carbons (Fsp3) is 1.00. The van der Waals surface area contributed by atoms with Crippen LogP contribution in [0, 0.1) is 5.92 Å². The normalized spacial score (nSPS) is 21.9. The number of rotatable bonds is 7. The van der Waals surface area contributed by atoms with Crippen LogP contribution in [0.15, 0.2) is 0 Å². The van der Waals surface area contributed by atoms with E-state index in [-0.39, 0.29) is 0 Å². The minimum Gasteiger partial charge on any atom is -0.317 e. The Bertz CT molecular complexity index is 216. The molecule has 2 nitrogen and oxygen atoms in total. The number of unbranched alkanes of at least 4 members (excludes halogenated alkanes) is 4. The summed E-state index contributed by atoms with van der Waals surface area (Å²) in [5, 5.41) is 3.48. The molecule has 0 amide bonds. The molecule has 2 saturated heterocycles. The third kappa shape index (κ3) is 7.65. The van der Waals surface area contributed by atoms with E-state index in [9.17, 15) is 0 Å². The molecule has 0 bridgehead atoms. The molecule has 0 spiro atoms. The number of hydrogen-bond acceptors (Lipinski definition) is 2. The zero-order chi connectivity index (χ0) is 15.3. The Hall–Kier alpha value is -0.0800. The topological polar surface area (TPSA) is 15.3 Å². The van der Waals surface area contributed by atoms with Crippen molar-refractivity contribution in [2.75, 3.05) is 26.2 Å². The second kappa shape index (κ2) is 12.5. The number of nitrogens with one attached hydrogen (secondary N) is 1. The Labute approximate surface area is 134 Å².